The minimum atomic E-state index is -0.287. The Morgan fingerprint density at radius 2 is 1.81 bits per heavy atom. The monoisotopic (exact) mass is 437 g/mol. The molecular formula is C22H23N5O5. The average molecular weight is 437 g/mol. The zero-order chi connectivity index (χ0) is 22.1. The highest BCUT2D eigenvalue weighted by molar-refractivity contribution is 5.94. The second-order valence-corrected chi connectivity index (χ2v) is 7.65. The third kappa shape index (κ3) is 3.67. The van der Waals surface area contributed by atoms with Gasteiger partial charge in [-0.3, -0.25) is 4.79 Å². The number of nitrogens with one attached hydrogen (secondary N) is 1. The lowest BCUT2D eigenvalue weighted by Gasteiger charge is -2.18. The standard InChI is InChI=1S/C22H23N5O5/c1-29-15-8-6-13(7-9-15)22(28)23-17-11-31-20-18(12-32-19(17)20)27-21(24-25-26-27)14-4-3-5-16(10-14)30-2/h3-10,17-20H,11-12H2,1-2H3,(H,23,28)/t17-,18-,19+,20+/m0/s1. The van der Waals surface area contributed by atoms with Gasteiger partial charge < -0.3 is 24.3 Å². The number of methoxy groups -OCH3 is 2. The Bertz CT molecular complexity index is 1100. The summed E-state index contributed by atoms with van der Waals surface area (Å²) in [6.45, 7) is 0.733. The summed E-state index contributed by atoms with van der Waals surface area (Å²) in [5, 5.41) is 15.3. The van der Waals surface area contributed by atoms with Crippen LogP contribution in [0.1, 0.15) is 16.4 Å². The second-order valence-electron chi connectivity index (χ2n) is 7.65. The molecule has 4 atom stereocenters. The average Bonchev–Trinajstić information content (AvgIpc) is 3.56. The molecule has 2 aliphatic heterocycles. The third-order valence-corrected chi connectivity index (χ3v) is 5.83. The molecule has 0 bridgehead atoms. The van der Waals surface area contributed by atoms with Crippen LogP contribution in [0.3, 0.4) is 0 Å². The number of nitrogens with zero attached hydrogens (tertiary/aromatic N) is 4. The fourth-order valence-corrected chi connectivity index (χ4v) is 4.18. The lowest BCUT2D eigenvalue weighted by Crippen LogP contribution is -2.44. The molecule has 10 heteroatoms. The second kappa shape index (κ2) is 8.56. The number of tetrazole rings is 1. The quantitative estimate of drug-likeness (QED) is 0.618. The van der Waals surface area contributed by atoms with Gasteiger partial charge in [-0.25, -0.2) is 4.68 Å². The molecular weight excluding hydrogens is 414 g/mol. The number of hydrogen-bond donors (Lipinski definition) is 1. The number of ether oxygens (including phenoxy) is 4. The molecule has 2 aliphatic rings. The van der Waals surface area contributed by atoms with E-state index in [4.69, 9.17) is 18.9 Å². The van der Waals surface area contributed by atoms with E-state index in [-0.39, 0.29) is 30.2 Å². The first-order valence-electron chi connectivity index (χ1n) is 10.3. The number of hydrogen-bond acceptors (Lipinski definition) is 8. The minimum absolute atomic E-state index is 0.187. The minimum Gasteiger partial charge on any atom is -0.497 e. The van der Waals surface area contributed by atoms with Crippen LogP contribution in [0.2, 0.25) is 0 Å². The molecule has 0 saturated carbocycles. The van der Waals surface area contributed by atoms with Crippen molar-refractivity contribution < 1.29 is 23.7 Å². The van der Waals surface area contributed by atoms with E-state index in [0.717, 1.165) is 11.3 Å². The summed E-state index contributed by atoms with van der Waals surface area (Å²) < 4.78 is 24.3. The van der Waals surface area contributed by atoms with Crippen molar-refractivity contribution in [3.8, 4) is 22.9 Å². The van der Waals surface area contributed by atoms with Gasteiger partial charge in [-0.2, -0.15) is 0 Å². The molecule has 10 nitrogen and oxygen atoms in total. The van der Waals surface area contributed by atoms with Crippen LogP contribution < -0.4 is 14.8 Å². The number of aromatic nitrogens is 4. The molecule has 166 valence electrons. The molecule has 0 unspecified atom stereocenters. The summed E-state index contributed by atoms with van der Waals surface area (Å²) in [5.41, 5.74) is 1.38. The zero-order valence-corrected chi connectivity index (χ0v) is 17.7. The van der Waals surface area contributed by atoms with E-state index in [1.165, 1.54) is 0 Å². The summed E-state index contributed by atoms with van der Waals surface area (Å²) in [7, 11) is 3.20. The maximum atomic E-state index is 12.7. The number of carbonyl (C=O) groups is 1. The number of fused-ring (bicyclic) bond motifs is 1. The summed E-state index contributed by atoms with van der Waals surface area (Å²) in [5.74, 6) is 1.83. The Balaban J connectivity index is 1.31. The van der Waals surface area contributed by atoms with E-state index in [2.05, 4.69) is 20.8 Å². The molecule has 5 rings (SSSR count). The molecule has 1 aromatic heterocycles. The van der Waals surface area contributed by atoms with E-state index in [1.54, 1.807) is 43.2 Å². The van der Waals surface area contributed by atoms with E-state index >= 15 is 0 Å². The SMILES string of the molecule is COc1ccc(C(=O)N[C@H]2CO[C@H]3[C@@H]2OC[C@@H]3n2nnnc2-c2cccc(OC)c2)cc1. The van der Waals surface area contributed by atoms with Gasteiger partial charge in [0.15, 0.2) is 5.82 Å². The largest absolute Gasteiger partial charge is 0.497 e. The van der Waals surface area contributed by atoms with E-state index in [9.17, 15) is 4.79 Å². The lowest BCUT2D eigenvalue weighted by atomic mass is 10.1. The molecule has 2 aromatic carbocycles. The predicted molar refractivity (Wildman–Crippen MR) is 113 cm³/mol. The first-order valence-corrected chi connectivity index (χ1v) is 10.3. The first-order chi connectivity index (χ1) is 15.7. The molecule has 3 heterocycles. The first kappa shape index (κ1) is 20.4. The van der Waals surface area contributed by atoms with Crippen molar-refractivity contribution >= 4 is 5.91 Å². The topological polar surface area (TPSA) is 110 Å². The van der Waals surface area contributed by atoms with Crippen molar-refractivity contribution in [2.75, 3.05) is 27.4 Å². The summed E-state index contributed by atoms with van der Waals surface area (Å²) >= 11 is 0. The molecule has 1 amide bonds. The van der Waals surface area contributed by atoms with Gasteiger partial charge in [0.05, 0.1) is 33.5 Å². The van der Waals surface area contributed by atoms with Crippen LogP contribution in [-0.4, -0.2) is 71.8 Å². The summed E-state index contributed by atoms with van der Waals surface area (Å²) in [6.07, 6.45) is -0.561. The van der Waals surface area contributed by atoms with Gasteiger partial charge in [0.25, 0.3) is 5.91 Å². The Morgan fingerprint density at radius 3 is 2.59 bits per heavy atom. The molecule has 32 heavy (non-hydrogen) atoms. The van der Waals surface area contributed by atoms with E-state index in [0.29, 0.717) is 30.4 Å². The van der Waals surface area contributed by atoms with Crippen molar-refractivity contribution in [1.82, 2.24) is 25.5 Å². The van der Waals surface area contributed by atoms with Crippen LogP contribution in [0.4, 0.5) is 0 Å². The lowest BCUT2D eigenvalue weighted by molar-refractivity contribution is 0.0615. The Hall–Kier alpha value is -3.50. The van der Waals surface area contributed by atoms with Crippen LogP contribution >= 0.6 is 0 Å². The third-order valence-electron chi connectivity index (χ3n) is 5.83. The zero-order valence-electron chi connectivity index (χ0n) is 17.7. The van der Waals surface area contributed by atoms with Crippen LogP contribution in [0.25, 0.3) is 11.4 Å². The van der Waals surface area contributed by atoms with Crippen molar-refractivity contribution in [3.63, 3.8) is 0 Å². The molecule has 1 N–H and O–H groups in total. The smallest absolute Gasteiger partial charge is 0.251 e. The normalized spacial score (nSPS) is 24.2. The van der Waals surface area contributed by atoms with Gasteiger partial charge in [0.2, 0.25) is 0 Å². The van der Waals surface area contributed by atoms with Crippen LogP contribution in [-0.2, 0) is 9.47 Å². The highest BCUT2D eigenvalue weighted by Gasteiger charge is 2.50. The maximum absolute atomic E-state index is 12.7. The molecule has 0 radical (unpaired) electrons. The fourth-order valence-electron chi connectivity index (χ4n) is 4.18. The highest BCUT2D eigenvalue weighted by atomic mass is 16.6. The number of rotatable bonds is 6. The molecule has 3 aromatic rings. The molecule has 2 saturated heterocycles. The summed E-state index contributed by atoms with van der Waals surface area (Å²) in [6, 6.07) is 14.0. The molecule has 2 fully saturated rings. The number of benzene rings is 2. The van der Waals surface area contributed by atoms with Gasteiger partial charge in [0, 0.05) is 11.1 Å². The number of carbonyl (C=O) groups excluding carboxylic acids is 1. The maximum Gasteiger partial charge on any atom is 0.251 e. The predicted octanol–water partition coefficient (Wildman–Crippen LogP) is 1.49. The van der Waals surface area contributed by atoms with E-state index in [1.807, 2.05) is 24.3 Å². The van der Waals surface area contributed by atoms with Crippen LogP contribution in [0.5, 0.6) is 11.5 Å². The van der Waals surface area contributed by atoms with E-state index < -0.39 is 0 Å². The summed E-state index contributed by atoms with van der Waals surface area (Å²) in [4.78, 5) is 12.7. The van der Waals surface area contributed by atoms with Crippen molar-refractivity contribution in [3.05, 3.63) is 54.1 Å². The van der Waals surface area contributed by atoms with Gasteiger partial charge in [-0.15, -0.1) is 5.10 Å². The van der Waals surface area contributed by atoms with Crippen molar-refractivity contribution in [2.45, 2.75) is 24.3 Å². The van der Waals surface area contributed by atoms with Crippen molar-refractivity contribution in [2.24, 2.45) is 0 Å². The Kier molecular flexibility index (Phi) is 5.46. The van der Waals surface area contributed by atoms with Gasteiger partial charge in [-0.1, -0.05) is 12.1 Å². The highest BCUT2D eigenvalue weighted by Crippen LogP contribution is 2.36. The van der Waals surface area contributed by atoms with Crippen LogP contribution in [0.15, 0.2) is 48.5 Å². The van der Waals surface area contributed by atoms with Crippen molar-refractivity contribution in [1.29, 1.82) is 0 Å². The fraction of sp³-hybridized carbons (Fsp3) is 0.364. The Morgan fingerprint density at radius 1 is 1.03 bits per heavy atom. The van der Waals surface area contributed by atoms with Gasteiger partial charge >= 0.3 is 0 Å². The van der Waals surface area contributed by atoms with Gasteiger partial charge in [0.1, 0.15) is 29.7 Å². The van der Waals surface area contributed by atoms with Crippen LogP contribution in [0, 0.1) is 0 Å². The molecule has 0 aliphatic carbocycles. The Labute approximate surface area is 184 Å². The molecule has 0 spiro atoms. The number of amides is 1. The van der Waals surface area contributed by atoms with Gasteiger partial charge in [-0.05, 0) is 46.8 Å².